The molecule has 1 N–H and O–H groups in total. The zero-order valence-corrected chi connectivity index (χ0v) is 10.1. The SMILES string of the molecule is CCOCCC(CCC1CCCO1)NC. The molecule has 3 nitrogen and oxygen atoms in total. The summed E-state index contributed by atoms with van der Waals surface area (Å²) in [5, 5.41) is 3.35. The Kier molecular flexibility index (Phi) is 6.98. The lowest BCUT2D eigenvalue weighted by Gasteiger charge is -2.18. The minimum absolute atomic E-state index is 0.521. The van der Waals surface area contributed by atoms with Crippen molar-refractivity contribution in [1.29, 1.82) is 0 Å². The largest absolute Gasteiger partial charge is 0.382 e. The molecule has 3 heteroatoms. The standard InChI is InChI=1S/C12H25NO2/c1-3-14-10-8-11(13-2)6-7-12-5-4-9-15-12/h11-13H,3-10H2,1-2H3. The average Bonchev–Trinajstić information content (AvgIpc) is 2.76. The van der Waals surface area contributed by atoms with Crippen LogP contribution in [0.25, 0.3) is 0 Å². The number of hydrogen-bond donors (Lipinski definition) is 1. The molecule has 2 unspecified atom stereocenters. The van der Waals surface area contributed by atoms with Crippen LogP contribution in [0.3, 0.4) is 0 Å². The highest BCUT2D eigenvalue weighted by atomic mass is 16.5. The van der Waals surface area contributed by atoms with Crippen molar-refractivity contribution in [2.75, 3.05) is 26.9 Å². The van der Waals surface area contributed by atoms with E-state index in [1.54, 1.807) is 0 Å². The van der Waals surface area contributed by atoms with Crippen molar-refractivity contribution in [2.24, 2.45) is 0 Å². The summed E-state index contributed by atoms with van der Waals surface area (Å²) < 4.78 is 11.0. The summed E-state index contributed by atoms with van der Waals surface area (Å²) in [6.07, 6.45) is 6.52. The molecule has 0 amide bonds. The lowest BCUT2D eigenvalue weighted by molar-refractivity contribution is 0.0957. The van der Waals surface area contributed by atoms with Crippen LogP contribution in [0.2, 0.25) is 0 Å². The predicted octanol–water partition coefficient (Wildman–Crippen LogP) is 1.96. The summed E-state index contributed by atoms with van der Waals surface area (Å²) in [7, 11) is 2.03. The first-order chi connectivity index (χ1) is 7.36. The molecular formula is C12H25NO2. The van der Waals surface area contributed by atoms with E-state index >= 15 is 0 Å². The lowest BCUT2D eigenvalue weighted by Crippen LogP contribution is -2.28. The fourth-order valence-corrected chi connectivity index (χ4v) is 2.06. The Bertz CT molecular complexity index is 147. The second-order valence-corrected chi connectivity index (χ2v) is 4.18. The van der Waals surface area contributed by atoms with Gasteiger partial charge in [-0.05, 0) is 46.1 Å². The summed E-state index contributed by atoms with van der Waals surface area (Å²) in [5.74, 6) is 0. The molecule has 1 rings (SSSR count). The maximum Gasteiger partial charge on any atom is 0.0576 e. The average molecular weight is 215 g/mol. The van der Waals surface area contributed by atoms with Crippen molar-refractivity contribution in [3.05, 3.63) is 0 Å². The monoisotopic (exact) mass is 215 g/mol. The van der Waals surface area contributed by atoms with Crippen molar-refractivity contribution in [1.82, 2.24) is 5.32 Å². The van der Waals surface area contributed by atoms with E-state index in [0.29, 0.717) is 12.1 Å². The maximum atomic E-state index is 5.61. The maximum absolute atomic E-state index is 5.61. The number of ether oxygens (including phenoxy) is 2. The molecule has 0 saturated carbocycles. The summed E-state index contributed by atoms with van der Waals surface area (Å²) in [4.78, 5) is 0. The van der Waals surface area contributed by atoms with Gasteiger partial charge in [0.2, 0.25) is 0 Å². The van der Waals surface area contributed by atoms with Gasteiger partial charge in [0, 0.05) is 25.9 Å². The van der Waals surface area contributed by atoms with Gasteiger partial charge in [0.05, 0.1) is 6.10 Å². The Morgan fingerprint density at radius 2 is 2.33 bits per heavy atom. The summed E-state index contributed by atoms with van der Waals surface area (Å²) in [6.45, 7) is 4.70. The van der Waals surface area contributed by atoms with Crippen LogP contribution in [0, 0.1) is 0 Å². The molecule has 1 aliphatic rings. The van der Waals surface area contributed by atoms with Gasteiger partial charge in [-0.3, -0.25) is 0 Å². The smallest absolute Gasteiger partial charge is 0.0576 e. The number of hydrogen-bond acceptors (Lipinski definition) is 3. The second kappa shape index (κ2) is 8.08. The number of rotatable bonds is 8. The van der Waals surface area contributed by atoms with Crippen molar-refractivity contribution < 1.29 is 9.47 Å². The molecule has 1 aliphatic heterocycles. The Morgan fingerprint density at radius 3 is 2.93 bits per heavy atom. The van der Waals surface area contributed by atoms with Crippen LogP contribution in [-0.4, -0.2) is 39.0 Å². The zero-order chi connectivity index (χ0) is 10.9. The lowest BCUT2D eigenvalue weighted by atomic mass is 10.0. The first kappa shape index (κ1) is 12.9. The Hall–Kier alpha value is -0.120. The molecule has 0 aromatic carbocycles. The van der Waals surface area contributed by atoms with E-state index in [1.807, 2.05) is 14.0 Å². The van der Waals surface area contributed by atoms with Crippen molar-refractivity contribution >= 4 is 0 Å². The summed E-state index contributed by atoms with van der Waals surface area (Å²) in [6, 6.07) is 0.584. The van der Waals surface area contributed by atoms with Crippen LogP contribution in [0.15, 0.2) is 0 Å². The van der Waals surface area contributed by atoms with Crippen molar-refractivity contribution in [3.8, 4) is 0 Å². The van der Waals surface area contributed by atoms with Crippen LogP contribution in [0.5, 0.6) is 0 Å². The van der Waals surface area contributed by atoms with Crippen LogP contribution in [-0.2, 0) is 9.47 Å². The minimum Gasteiger partial charge on any atom is -0.382 e. The molecule has 0 aliphatic carbocycles. The third kappa shape index (κ3) is 5.50. The van der Waals surface area contributed by atoms with Gasteiger partial charge >= 0.3 is 0 Å². The molecule has 0 radical (unpaired) electrons. The molecule has 2 atom stereocenters. The van der Waals surface area contributed by atoms with Crippen LogP contribution >= 0.6 is 0 Å². The third-order valence-corrected chi connectivity index (χ3v) is 3.08. The molecular weight excluding hydrogens is 190 g/mol. The minimum atomic E-state index is 0.521. The molecule has 0 spiro atoms. The molecule has 0 aromatic heterocycles. The quantitative estimate of drug-likeness (QED) is 0.628. The molecule has 90 valence electrons. The van der Waals surface area contributed by atoms with Gasteiger partial charge < -0.3 is 14.8 Å². The van der Waals surface area contributed by atoms with E-state index in [2.05, 4.69) is 5.32 Å². The predicted molar refractivity (Wildman–Crippen MR) is 62.2 cm³/mol. The van der Waals surface area contributed by atoms with Crippen LogP contribution < -0.4 is 5.32 Å². The molecule has 0 aromatic rings. The van der Waals surface area contributed by atoms with Crippen LogP contribution in [0.1, 0.15) is 39.0 Å². The Balaban J connectivity index is 2.04. The van der Waals surface area contributed by atoms with Gasteiger partial charge in [0.1, 0.15) is 0 Å². The highest BCUT2D eigenvalue weighted by molar-refractivity contribution is 4.70. The highest BCUT2D eigenvalue weighted by Crippen LogP contribution is 2.18. The molecule has 0 bridgehead atoms. The van der Waals surface area contributed by atoms with Gasteiger partial charge in [-0.25, -0.2) is 0 Å². The molecule has 1 saturated heterocycles. The van der Waals surface area contributed by atoms with Gasteiger partial charge in [-0.15, -0.1) is 0 Å². The Labute approximate surface area is 93.5 Å². The summed E-state index contributed by atoms with van der Waals surface area (Å²) in [5.41, 5.74) is 0. The van der Waals surface area contributed by atoms with E-state index in [1.165, 1.54) is 25.7 Å². The van der Waals surface area contributed by atoms with Gasteiger partial charge in [-0.1, -0.05) is 0 Å². The topological polar surface area (TPSA) is 30.5 Å². The van der Waals surface area contributed by atoms with E-state index in [9.17, 15) is 0 Å². The fraction of sp³-hybridized carbons (Fsp3) is 1.00. The third-order valence-electron chi connectivity index (χ3n) is 3.08. The van der Waals surface area contributed by atoms with Crippen LogP contribution in [0.4, 0.5) is 0 Å². The summed E-state index contributed by atoms with van der Waals surface area (Å²) >= 11 is 0. The fourth-order valence-electron chi connectivity index (χ4n) is 2.06. The Morgan fingerprint density at radius 1 is 1.47 bits per heavy atom. The van der Waals surface area contributed by atoms with Crippen molar-refractivity contribution in [3.63, 3.8) is 0 Å². The van der Waals surface area contributed by atoms with Gasteiger partial charge in [0.25, 0.3) is 0 Å². The molecule has 1 heterocycles. The van der Waals surface area contributed by atoms with E-state index in [4.69, 9.17) is 9.47 Å². The molecule has 1 fully saturated rings. The first-order valence-corrected chi connectivity index (χ1v) is 6.23. The van der Waals surface area contributed by atoms with E-state index in [-0.39, 0.29) is 0 Å². The van der Waals surface area contributed by atoms with Gasteiger partial charge in [0.15, 0.2) is 0 Å². The second-order valence-electron chi connectivity index (χ2n) is 4.18. The van der Waals surface area contributed by atoms with Gasteiger partial charge in [-0.2, -0.15) is 0 Å². The number of nitrogens with one attached hydrogen (secondary N) is 1. The molecule has 15 heavy (non-hydrogen) atoms. The van der Waals surface area contributed by atoms with Crippen molar-refractivity contribution in [2.45, 2.75) is 51.2 Å². The zero-order valence-electron chi connectivity index (χ0n) is 10.1. The van der Waals surface area contributed by atoms with E-state index < -0.39 is 0 Å². The van der Waals surface area contributed by atoms with E-state index in [0.717, 1.165) is 26.2 Å². The first-order valence-electron chi connectivity index (χ1n) is 6.23. The normalized spacial score (nSPS) is 23.2. The highest BCUT2D eigenvalue weighted by Gasteiger charge is 2.17.